The third kappa shape index (κ3) is 3.06. The fraction of sp³-hybridized carbons (Fsp3) is 0.583. The minimum Gasteiger partial charge on any atom is -0.326 e. The van der Waals surface area contributed by atoms with E-state index in [4.69, 9.17) is 11.6 Å². The summed E-state index contributed by atoms with van der Waals surface area (Å²) in [5.74, 6) is 0. The van der Waals surface area contributed by atoms with Crippen molar-refractivity contribution in [2.45, 2.75) is 23.8 Å². The predicted molar refractivity (Wildman–Crippen MR) is 77.5 cm³/mol. The van der Waals surface area contributed by atoms with Crippen LogP contribution in [-0.4, -0.2) is 55.8 Å². The molecule has 2 rings (SSSR count). The van der Waals surface area contributed by atoms with Gasteiger partial charge in [-0.3, -0.25) is 4.79 Å². The summed E-state index contributed by atoms with van der Waals surface area (Å²) < 4.78 is 26.5. The fourth-order valence-corrected chi connectivity index (χ4v) is 4.04. The molecule has 1 aromatic heterocycles. The van der Waals surface area contributed by atoms with Gasteiger partial charge in [0.1, 0.15) is 5.02 Å². The van der Waals surface area contributed by atoms with E-state index in [0.29, 0.717) is 13.1 Å². The van der Waals surface area contributed by atoms with Crippen molar-refractivity contribution in [3.8, 4) is 0 Å². The van der Waals surface area contributed by atoms with Crippen LogP contribution in [0.1, 0.15) is 12.8 Å². The molecule has 1 N–H and O–H groups in total. The smallest absolute Gasteiger partial charge is 0.266 e. The standard InChI is InChI=1S/C12H18ClN3O3S/c1-15(2)9-4-3-5-16(8-9)20(18,19)10-6-11(13)12(17)14-7-10/h6-7,9H,3-5,8H2,1-2H3,(H,14,17). The van der Waals surface area contributed by atoms with Crippen molar-refractivity contribution in [2.24, 2.45) is 0 Å². The van der Waals surface area contributed by atoms with E-state index in [2.05, 4.69) is 4.98 Å². The maximum atomic E-state index is 12.5. The molecule has 1 unspecified atom stereocenters. The van der Waals surface area contributed by atoms with Crippen molar-refractivity contribution in [2.75, 3.05) is 27.2 Å². The molecule has 0 spiro atoms. The monoisotopic (exact) mass is 319 g/mol. The van der Waals surface area contributed by atoms with Gasteiger partial charge in [-0.15, -0.1) is 0 Å². The zero-order valence-corrected chi connectivity index (χ0v) is 13.0. The Morgan fingerprint density at radius 2 is 2.15 bits per heavy atom. The summed E-state index contributed by atoms with van der Waals surface area (Å²) in [5, 5.41) is -0.118. The molecule has 1 fully saturated rings. The predicted octanol–water partition coefficient (Wildman–Crippen LogP) is 0.743. The molecule has 1 atom stereocenters. The van der Waals surface area contributed by atoms with Crippen LogP contribution >= 0.6 is 11.6 Å². The first-order chi connectivity index (χ1) is 9.32. The number of sulfonamides is 1. The van der Waals surface area contributed by atoms with E-state index >= 15 is 0 Å². The molecular weight excluding hydrogens is 302 g/mol. The number of hydrogen-bond donors (Lipinski definition) is 1. The summed E-state index contributed by atoms with van der Waals surface area (Å²) >= 11 is 5.70. The number of aromatic nitrogens is 1. The molecule has 0 amide bonds. The van der Waals surface area contributed by atoms with E-state index in [1.807, 2.05) is 19.0 Å². The number of rotatable bonds is 3. The van der Waals surface area contributed by atoms with Crippen LogP contribution in [0.5, 0.6) is 0 Å². The Hall–Kier alpha value is -0.890. The molecule has 6 nitrogen and oxygen atoms in total. The lowest BCUT2D eigenvalue weighted by atomic mass is 10.1. The lowest BCUT2D eigenvalue weighted by Crippen LogP contribution is -2.47. The molecule has 1 saturated heterocycles. The topological polar surface area (TPSA) is 73.5 Å². The summed E-state index contributed by atoms with van der Waals surface area (Å²) in [6, 6.07) is 1.41. The molecule has 2 heterocycles. The van der Waals surface area contributed by atoms with Crippen molar-refractivity contribution in [3.63, 3.8) is 0 Å². The number of nitrogens with zero attached hydrogens (tertiary/aromatic N) is 2. The zero-order chi connectivity index (χ0) is 14.9. The Morgan fingerprint density at radius 1 is 1.45 bits per heavy atom. The number of likely N-dealkylation sites (N-methyl/N-ethyl adjacent to an activating group) is 1. The largest absolute Gasteiger partial charge is 0.326 e. The van der Waals surface area contributed by atoms with E-state index in [1.54, 1.807) is 0 Å². The molecule has 1 aromatic rings. The van der Waals surface area contributed by atoms with Crippen LogP contribution in [0.25, 0.3) is 0 Å². The molecule has 0 aromatic carbocycles. The first kappa shape index (κ1) is 15.5. The maximum Gasteiger partial charge on any atom is 0.266 e. The second-order valence-corrected chi connectivity index (χ2v) is 7.48. The van der Waals surface area contributed by atoms with E-state index in [1.165, 1.54) is 16.6 Å². The number of H-pyrrole nitrogens is 1. The van der Waals surface area contributed by atoms with Crippen LogP contribution in [0.4, 0.5) is 0 Å². The summed E-state index contributed by atoms with van der Waals surface area (Å²) in [6.07, 6.45) is 2.99. The van der Waals surface area contributed by atoms with Crippen molar-refractivity contribution >= 4 is 21.6 Å². The van der Waals surface area contributed by atoms with Crippen LogP contribution in [0.3, 0.4) is 0 Å². The third-order valence-corrected chi connectivity index (χ3v) is 5.68. The second kappa shape index (κ2) is 5.85. The minimum atomic E-state index is -3.62. The highest BCUT2D eigenvalue weighted by Gasteiger charge is 2.31. The van der Waals surface area contributed by atoms with Gasteiger partial charge < -0.3 is 9.88 Å². The highest BCUT2D eigenvalue weighted by atomic mass is 35.5. The van der Waals surface area contributed by atoms with Crippen LogP contribution < -0.4 is 5.56 Å². The van der Waals surface area contributed by atoms with Gasteiger partial charge in [0.15, 0.2) is 0 Å². The summed E-state index contributed by atoms with van der Waals surface area (Å²) in [4.78, 5) is 15.6. The molecule has 0 bridgehead atoms. The average molecular weight is 320 g/mol. The van der Waals surface area contributed by atoms with E-state index in [0.717, 1.165) is 12.8 Å². The normalized spacial score (nSPS) is 21.3. The summed E-state index contributed by atoms with van der Waals surface area (Å²) in [6.45, 7) is 0.940. The Labute approximate surface area is 123 Å². The maximum absolute atomic E-state index is 12.5. The average Bonchev–Trinajstić information content (AvgIpc) is 2.42. The zero-order valence-electron chi connectivity index (χ0n) is 11.5. The van der Waals surface area contributed by atoms with Crippen molar-refractivity contribution < 1.29 is 8.42 Å². The SMILES string of the molecule is CN(C)C1CCCN(S(=O)(=O)c2c[nH]c(=O)c(Cl)c2)C1. The van der Waals surface area contributed by atoms with Gasteiger partial charge in [0.2, 0.25) is 10.0 Å². The van der Waals surface area contributed by atoms with Crippen molar-refractivity contribution in [3.05, 3.63) is 27.6 Å². The lowest BCUT2D eigenvalue weighted by molar-refractivity contribution is 0.190. The molecule has 20 heavy (non-hydrogen) atoms. The van der Waals surface area contributed by atoms with Crippen molar-refractivity contribution in [1.29, 1.82) is 0 Å². The van der Waals surface area contributed by atoms with Gasteiger partial charge in [-0.1, -0.05) is 11.6 Å². The number of halogens is 1. The van der Waals surface area contributed by atoms with Crippen LogP contribution in [-0.2, 0) is 10.0 Å². The molecule has 1 aliphatic rings. The fourth-order valence-electron chi connectivity index (χ4n) is 2.30. The molecule has 112 valence electrons. The van der Waals surface area contributed by atoms with Crippen LogP contribution in [0.2, 0.25) is 5.02 Å². The second-order valence-electron chi connectivity index (χ2n) is 5.14. The van der Waals surface area contributed by atoms with Gasteiger partial charge in [-0.25, -0.2) is 8.42 Å². The quantitative estimate of drug-likeness (QED) is 0.892. The minimum absolute atomic E-state index is 0.0292. The number of piperidine rings is 1. The molecular formula is C12H18ClN3O3S. The Balaban J connectivity index is 2.29. The van der Waals surface area contributed by atoms with Gasteiger partial charge in [0.05, 0.1) is 4.90 Å². The summed E-state index contributed by atoms with van der Waals surface area (Å²) in [7, 11) is 0.269. The van der Waals surface area contributed by atoms with Gasteiger partial charge in [-0.05, 0) is 33.0 Å². The number of hydrogen-bond acceptors (Lipinski definition) is 4. The molecule has 8 heteroatoms. The number of nitrogens with one attached hydrogen (secondary N) is 1. The Bertz CT molecular complexity index is 642. The highest BCUT2D eigenvalue weighted by Crippen LogP contribution is 2.22. The van der Waals surface area contributed by atoms with Crippen molar-refractivity contribution in [1.82, 2.24) is 14.2 Å². The Kier molecular flexibility index (Phi) is 4.53. The van der Waals surface area contributed by atoms with E-state index in [9.17, 15) is 13.2 Å². The van der Waals surface area contributed by atoms with Crippen LogP contribution in [0.15, 0.2) is 22.0 Å². The van der Waals surface area contributed by atoms with Gasteiger partial charge in [-0.2, -0.15) is 4.31 Å². The van der Waals surface area contributed by atoms with Gasteiger partial charge in [0, 0.05) is 25.3 Å². The van der Waals surface area contributed by atoms with Crippen LogP contribution in [0, 0.1) is 0 Å². The van der Waals surface area contributed by atoms with Gasteiger partial charge >= 0.3 is 0 Å². The number of pyridine rings is 1. The van der Waals surface area contributed by atoms with E-state index in [-0.39, 0.29) is 16.0 Å². The third-order valence-electron chi connectivity index (χ3n) is 3.56. The molecule has 0 radical (unpaired) electrons. The van der Waals surface area contributed by atoms with Gasteiger partial charge in [0.25, 0.3) is 5.56 Å². The first-order valence-corrected chi connectivity index (χ1v) is 8.19. The number of aromatic amines is 1. The summed E-state index contributed by atoms with van der Waals surface area (Å²) in [5.41, 5.74) is -0.490. The lowest BCUT2D eigenvalue weighted by Gasteiger charge is -2.35. The molecule has 0 aliphatic carbocycles. The van der Waals surface area contributed by atoms with E-state index < -0.39 is 15.6 Å². The first-order valence-electron chi connectivity index (χ1n) is 6.37. The highest BCUT2D eigenvalue weighted by molar-refractivity contribution is 7.89. The molecule has 1 aliphatic heterocycles. The molecule has 0 saturated carbocycles. The Morgan fingerprint density at radius 3 is 2.75 bits per heavy atom.